The first-order valence-electron chi connectivity index (χ1n) is 5.78. The molecule has 0 aromatic heterocycles. The summed E-state index contributed by atoms with van der Waals surface area (Å²) in [5.41, 5.74) is 6.36. The zero-order valence-corrected chi connectivity index (χ0v) is 10.8. The molecule has 0 saturated carbocycles. The summed E-state index contributed by atoms with van der Waals surface area (Å²) in [4.78, 5) is 2.46. The Labute approximate surface area is 89.9 Å². The third-order valence-corrected chi connectivity index (χ3v) is 2.98. The molecule has 0 amide bonds. The van der Waals surface area contributed by atoms with E-state index in [1.54, 1.807) is 0 Å². The molecule has 14 heavy (non-hydrogen) atoms. The molecule has 1 unspecified atom stereocenters. The Morgan fingerprint density at radius 2 is 1.71 bits per heavy atom. The topological polar surface area (TPSA) is 29.3 Å². The van der Waals surface area contributed by atoms with E-state index in [4.69, 9.17) is 5.73 Å². The molecular weight excluding hydrogens is 172 g/mol. The minimum Gasteiger partial charge on any atom is -0.327 e. The number of rotatable bonds is 5. The monoisotopic (exact) mass is 200 g/mol. The molecule has 0 aliphatic carbocycles. The van der Waals surface area contributed by atoms with E-state index in [9.17, 15) is 0 Å². The highest BCUT2D eigenvalue weighted by atomic mass is 15.1. The van der Waals surface area contributed by atoms with Gasteiger partial charge in [-0.1, -0.05) is 27.7 Å². The Hall–Kier alpha value is -0.0800. The molecule has 0 heterocycles. The summed E-state index contributed by atoms with van der Waals surface area (Å²) in [6.45, 7) is 15.6. The fourth-order valence-electron chi connectivity index (χ4n) is 1.52. The predicted molar refractivity (Wildman–Crippen MR) is 64.4 cm³/mol. The van der Waals surface area contributed by atoms with Crippen molar-refractivity contribution in [2.45, 2.75) is 60.0 Å². The van der Waals surface area contributed by atoms with Crippen LogP contribution in [0.1, 0.15) is 48.0 Å². The molecule has 0 bridgehead atoms. The van der Waals surface area contributed by atoms with E-state index >= 15 is 0 Å². The van der Waals surface area contributed by atoms with Crippen molar-refractivity contribution >= 4 is 0 Å². The largest absolute Gasteiger partial charge is 0.327 e. The summed E-state index contributed by atoms with van der Waals surface area (Å²) in [5, 5.41) is 0. The molecule has 0 spiro atoms. The van der Waals surface area contributed by atoms with Crippen LogP contribution in [-0.2, 0) is 0 Å². The molecule has 1 atom stereocenters. The quantitative estimate of drug-likeness (QED) is 0.739. The van der Waals surface area contributed by atoms with E-state index in [0.29, 0.717) is 12.1 Å². The smallest absolute Gasteiger partial charge is 0.00998 e. The van der Waals surface area contributed by atoms with Crippen LogP contribution in [0.15, 0.2) is 0 Å². The molecule has 0 radical (unpaired) electrons. The van der Waals surface area contributed by atoms with Gasteiger partial charge in [-0.2, -0.15) is 0 Å². The first kappa shape index (κ1) is 13.9. The van der Waals surface area contributed by atoms with Crippen LogP contribution in [0.4, 0.5) is 0 Å². The summed E-state index contributed by atoms with van der Waals surface area (Å²) in [6, 6.07) is 0.933. The van der Waals surface area contributed by atoms with Gasteiger partial charge in [0.2, 0.25) is 0 Å². The van der Waals surface area contributed by atoms with Crippen LogP contribution in [-0.4, -0.2) is 30.1 Å². The maximum Gasteiger partial charge on any atom is 0.00998 e. The van der Waals surface area contributed by atoms with Gasteiger partial charge in [-0.25, -0.2) is 0 Å². The highest BCUT2D eigenvalue weighted by Gasteiger charge is 2.21. The lowest BCUT2D eigenvalue weighted by atomic mass is 9.85. The van der Waals surface area contributed by atoms with Crippen molar-refractivity contribution in [1.82, 2.24) is 4.90 Å². The van der Waals surface area contributed by atoms with Crippen molar-refractivity contribution in [2.24, 2.45) is 11.1 Å². The SMILES string of the molecule is CCN(CCC(N)C(C)(C)C)C(C)C. The van der Waals surface area contributed by atoms with Crippen molar-refractivity contribution in [3.63, 3.8) is 0 Å². The van der Waals surface area contributed by atoms with Crippen molar-refractivity contribution in [3.05, 3.63) is 0 Å². The van der Waals surface area contributed by atoms with Crippen LogP contribution in [0.25, 0.3) is 0 Å². The molecule has 0 fully saturated rings. The zero-order chi connectivity index (χ0) is 11.4. The molecule has 0 saturated heterocycles. The van der Waals surface area contributed by atoms with Gasteiger partial charge in [0.15, 0.2) is 0 Å². The van der Waals surface area contributed by atoms with E-state index in [1.165, 1.54) is 0 Å². The van der Waals surface area contributed by atoms with Crippen LogP contribution < -0.4 is 5.73 Å². The van der Waals surface area contributed by atoms with E-state index < -0.39 is 0 Å². The lowest BCUT2D eigenvalue weighted by Crippen LogP contribution is -2.40. The minimum absolute atomic E-state index is 0.233. The van der Waals surface area contributed by atoms with Crippen molar-refractivity contribution < 1.29 is 0 Å². The standard InChI is InChI=1S/C12H28N2/c1-7-14(10(2)3)9-8-11(13)12(4,5)6/h10-11H,7-9,13H2,1-6H3. The zero-order valence-electron chi connectivity index (χ0n) is 10.8. The maximum absolute atomic E-state index is 6.13. The molecule has 2 heteroatoms. The summed E-state index contributed by atoms with van der Waals surface area (Å²) in [7, 11) is 0. The van der Waals surface area contributed by atoms with E-state index in [-0.39, 0.29) is 5.41 Å². The van der Waals surface area contributed by atoms with Gasteiger partial charge >= 0.3 is 0 Å². The fourth-order valence-corrected chi connectivity index (χ4v) is 1.52. The summed E-state index contributed by atoms with van der Waals surface area (Å²) < 4.78 is 0. The lowest BCUT2D eigenvalue weighted by molar-refractivity contribution is 0.201. The minimum atomic E-state index is 0.233. The van der Waals surface area contributed by atoms with Crippen LogP contribution in [0.2, 0.25) is 0 Å². The highest BCUT2D eigenvalue weighted by Crippen LogP contribution is 2.20. The Morgan fingerprint density at radius 1 is 1.21 bits per heavy atom. The van der Waals surface area contributed by atoms with Gasteiger partial charge in [0.25, 0.3) is 0 Å². The lowest BCUT2D eigenvalue weighted by Gasteiger charge is -2.31. The van der Waals surface area contributed by atoms with Gasteiger partial charge in [-0.3, -0.25) is 0 Å². The van der Waals surface area contributed by atoms with Crippen LogP contribution >= 0.6 is 0 Å². The van der Waals surface area contributed by atoms with Gasteiger partial charge < -0.3 is 10.6 Å². The molecule has 2 N–H and O–H groups in total. The summed E-state index contributed by atoms with van der Waals surface area (Å²) >= 11 is 0. The van der Waals surface area contributed by atoms with Crippen molar-refractivity contribution in [3.8, 4) is 0 Å². The molecular formula is C12H28N2. The molecule has 0 aromatic carbocycles. The summed E-state index contributed by atoms with van der Waals surface area (Å²) in [5.74, 6) is 0. The van der Waals surface area contributed by atoms with Gasteiger partial charge in [0.1, 0.15) is 0 Å². The average molecular weight is 200 g/mol. The molecule has 0 aliphatic rings. The second kappa shape index (κ2) is 5.72. The Bertz CT molecular complexity index is 145. The molecule has 0 aliphatic heterocycles. The fraction of sp³-hybridized carbons (Fsp3) is 1.00. The second-order valence-corrected chi connectivity index (χ2v) is 5.48. The molecule has 0 rings (SSSR count). The van der Waals surface area contributed by atoms with Crippen molar-refractivity contribution in [1.29, 1.82) is 0 Å². The van der Waals surface area contributed by atoms with Gasteiger partial charge in [0, 0.05) is 12.1 Å². The van der Waals surface area contributed by atoms with Crippen LogP contribution in [0.5, 0.6) is 0 Å². The van der Waals surface area contributed by atoms with E-state index in [0.717, 1.165) is 19.5 Å². The van der Waals surface area contributed by atoms with Gasteiger partial charge in [-0.05, 0) is 38.8 Å². The van der Waals surface area contributed by atoms with Crippen LogP contribution in [0.3, 0.4) is 0 Å². The van der Waals surface area contributed by atoms with E-state index in [1.807, 2.05) is 0 Å². The number of hydrogen-bond acceptors (Lipinski definition) is 2. The number of nitrogens with two attached hydrogens (primary N) is 1. The Kier molecular flexibility index (Phi) is 5.68. The summed E-state index contributed by atoms with van der Waals surface area (Å²) in [6.07, 6.45) is 1.09. The second-order valence-electron chi connectivity index (χ2n) is 5.48. The third-order valence-electron chi connectivity index (χ3n) is 2.98. The molecule has 0 aromatic rings. The van der Waals surface area contributed by atoms with Crippen LogP contribution in [0, 0.1) is 5.41 Å². The number of nitrogens with zero attached hydrogens (tertiary/aromatic N) is 1. The van der Waals surface area contributed by atoms with Crippen molar-refractivity contribution in [2.75, 3.05) is 13.1 Å². The first-order chi connectivity index (χ1) is 6.29. The van der Waals surface area contributed by atoms with Gasteiger partial charge in [0.05, 0.1) is 0 Å². The van der Waals surface area contributed by atoms with E-state index in [2.05, 4.69) is 46.4 Å². The predicted octanol–water partition coefficient (Wildman–Crippen LogP) is 2.48. The van der Waals surface area contributed by atoms with Gasteiger partial charge in [-0.15, -0.1) is 0 Å². The molecule has 86 valence electrons. The normalized spacial score (nSPS) is 15.2. The Balaban J connectivity index is 3.92. The average Bonchev–Trinajstić information content (AvgIpc) is 2.02. The number of hydrogen-bond donors (Lipinski definition) is 1. The molecule has 2 nitrogen and oxygen atoms in total. The maximum atomic E-state index is 6.13. The third kappa shape index (κ3) is 4.97. The Morgan fingerprint density at radius 3 is 2.00 bits per heavy atom. The highest BCUT2D eigenvalue weighted by molar-refractivity contribution is 4.78. The first-order valence-corrected chi connectivity index (χ1v) is 5.78.